The van der Waals surface area contributed by atoms with Crippen LogP contribution in [-0.4, -0.2) is 13.1 Å². The number of rotatable bonds is 3. The first-order chi connectivity index (χ1) is 11.9. The second-order valence-electron chi connectivity index (χ2n) is 8.69. The van der Waals surface area contributed by atoms with Crippen molar-refractivity contribution in [3.63, 3.8) is 0 Å². The number of benzene rings is 2. The Morgan fingerprint density at radius 2 is 1.38 bits per heavy atom. The van der Waals surface area contributed by atoms with E-state index in [2.05, 4.69) is 59.7 Å². The van der Waals surface area contributed by atoms with Gasteiger partial charge < -0.3 is 9.47 Å². The third kappa shape index (κ3) is 4.27. The Morgan fingerprint density at radius 1 is 0.885 bits per heavy atom. The van der Waals surface area contributed by atoms with Gasteiger partial charge in [-0.3, -0.25) is 4.79 Å². The monoisotopic (exact) mass is 354 g/mol. The van der Waals surface area contributed by atoms with E-state index < -0.39 is 0 Å². The molecule has 2 aromatic carbocycles. The van der Waals surface area contributed by atoms with Gasteiger partial charge in [0, 0.05) is 23.6 Å². The third-order valence-corrected chi connectivity index (χ3v) is 4.37. The smallest absolute Gasteiger partial charge is 0.308 e. The predicted molar refractivity (Wildman–Crippen MR) is 107 cm³/mol. The molecular weight excluding hydrogens is 324 g/mol. The largest absolute Gasteiger partial charge is 0.496 e. The Hall–Kier alpha value is -2.29. The van der Waals surface area contributed by atoms with Crippen LogP contribution in [0.15, 0.2) is 36.4 Å². The Kier molecular flexibility index (Phi) is 5.50. The van der Waals surface area contributed by atoms with E-state index >= 15 is 0 Å². The van der Waals surface area contributed by atoms with Gasteiger partial charge in [0.2, 0.25) is 0 Å². The quantitative estimate of drug-likeness (QED) is 0.510. The Bertz CT molecular complexity index is 770. The van der Waals surface area contributed by atoms with Gasteiger partial charge in [0.05, 0.1) is 7.11 Å². The van der Waals surface area contributed by atoms with Gasteiger partial charge in [0.15, 0.2) is 0 Å². The van der Waals surface area contributed by atoms with Crippen LogP contribution in [0.2, 0.25) is 0 Å². The summed E-state index contributed by atoms with van der Waals surface area (Å²) in [5.74, 6) is 1.20. The van der Waals surface area contributed by atoms with E-state index in [1.165, 1.54) is 6.92 Å². The van der Waals surface area contributed by atoms with E-state index in [0.29, 0.717) is 5.75 Å². The molecule has 3 nitrogen and oxygen atoms in total. The summed E-state index contributed by atoms with van der Waals surface area (Å²) in [7, 11) is 1.68. The van der Waals surface area contributed by atoms with Crippen LogP contribution in [0.3, 0.4) is 0 Å². The molecule has 0 fully saturated rings. The van der Waals surface area contributed by atoms with Crippen molar-refractivity contribution in [2.75, 3.05) is 7.11 Å². The first kappa shape index (κ1) is 20.0. The molecule has 0 saturated carbocycles. The normalized spacial score (nSPS) is 12.0. The Morgan fingerprint density at radius 3 is 1.81 bits per heavy atom. The van der Waals surface area contributed by atoms with Gasteiger partial charge in [0.1, 0.15) is 11.5 Å². The highest BCUT2D eigenvalue weighted by atomic mass is 16.5. The molecule has 0 aliphatic heterocycles. The summed E-state index contributed by atoms with van der Waals surface area (Å²) in [6, 6.07) is 12.2. The first-order valence-electron chi connectivity index (χ1n) is 8.96. The van der Waals surface area contributed by atoms with E-state index in [-0.39, 0.29) is 16.8 Å². The molecule has 2 rings (SSSR count). The molecule has 2 aromatic rings. The number of hydrogen-bond acceptors (Lipinski definition) is 3. The van der Waals surface area contributed by atoms with Crippen LogP contribution < -0.4 is 9.47 Å². The van der Waals surface area contributed by atoms with Crippen molar-refractivity contribution < 1.29 is 14.3 Å². The lowest BCUT2D eigenvalue weighted by atomic mass is 9.77. The summed E-state index contributed by atoms with van der Waals surface area (Å²) in [5.41, 5.74) is 3.77. The maximum atomic E-state index is 11.8. The lowest BCUT2D eigenvalue weighted by molar-refractivity contribution is -0.132. The van der Waals surface area contributed by atoms with Gasteiger partial charge in [-0.2, -0.15) is 0 Å². The minimum atomic E-state index is -0.300. The lowest BCUT2D eigenvalue weighted by Crippen LogP contribution is -2.21. The van der Waals surface area contributed by atoms with Crippen LogP contribution in [-0.2, 0) is 15.6 Å². The standard InChI is InChI=1S/C23H30O3/c1-15(24)26-21-18(22(2,3)4)13-16(14-19(21)23(5,6)7)17-11-9-10-12-20(17)25-8/h9-14H,1-8H3. The second kappa shape index (κ2) is 7.14. The van der Waals surface area contributed by atoms with E-state index in [4.69, 9.17) is 9.47 Å². The van der Waals surface area contributed by atoms with Crippen LogP contribution in [0.4, 0.5) is 0 Å². The molecule has 0 aromatic heterocycles. The molecule has 140 valence electrons. The topological polar surface area (TPSA) is 35.5 Å². The number of carbonyl (C=O) groups is 1. The Labute approximate surface area is 157 Å². The summed E-state index contributed by atoms with van der Waals surface area (Å²) in [6.45, 7) is 14.2. The van der Waals surface area contributed by atoms with E-state index in [1.54, 1.807) is 7.11 Å². The molecule has 0 aliphatic carbocycles. The molecule has 0 spiro atoms. The fourth-order valence-corrected chi connectivity index (χ4v) is 3.04. The minimum Gasteiger partial charge on any atom is -0.496 e. The van der Waals surface area contributed by atoms with Crippen LogP contribution in [0.25, 0.3) is 11.1 Å². The van der Waals surface area contributed by atoms with Gasteiger partial charge in [0.25, 0.3) is 0 Å². The molecular formula is C23H30O3. The first-order valence-corrected chi connectivity index (χ1v) is 8.96. The number of ether oxygens (including phenoxy) is 2. The van der Waals surface area contributed by atoms with Crippen LogP contribution >= 0.6 is 0 Å². The van der Waals surface area contributed by atoms with Crippen molar-refractivity contribution in [3.8, 4) is 22.6 Å². The number of hydrogen-bond donors (Lipinski definition) is 0. The van der Waals surface area contributed by atoms with Crippen molar-refractivity contribution in [2.45, 2.75) is 59.3 Å². The Balaban J connectivity index is 2.87. The van der Waals surface area contributed by atoms with E-state index in [0.717, 1.165) is 28.0 Å². The number of methoxy groups -OCH3 is 1. The van der Waals surface area contributed by atoms with Crippen LogP contribution in [0, 0.1) is 0 Å². The summed E-state index contributed by atoms with van der Waals surface area (Å²) in [4.78, 5) is 11.8. The maximum Gasteiger partial charge on any atom is 0.308 e. The molecule has 0 N–H and O–H groups in total. The maximum absolute atomic E-state index is 11.8. The number of para-hydroxylation sites is 1. The van der Waals surface area contributed by atoms with Crippen molar-refractivity contribution in [3.05, 3.63) is 47.5 Å². The zero-order valence-corrected chi connectivity index (χ0v) is 17.2. The fraction of sp³-hybridized carbons (Fsp3) is 0.435. The van der Waals surface area contributed by atoms with Gasteiger partial charge in [-0.05, 0) is 34.6 Å². The van der Waals surface area contributed by atoms with Crippen molar-refractivity contribution in [1.82, 2.24) is 0 Å². The lowest BCUT2D eigenvalue weighted by Gasteiger charge is -2.30. The zero-order chi connectivity index (χ0) is 19.7. The molecule has 0 radical (unpaired) electrons. The van der Waals surface area contributed by atoms with Crippen LogP contribution in [0.5, 0.6) is 11.5 Å². The van der Waals surface area contributed by atoms with Gasteiger partial charge in [-0.15, -0.1) is 0 Å². The number of carbonyl (C=O) groups excluding carboxylic acids is 1. The molecule has 3 heteroatoms. The highest BCUT2D eigenvalue weighted by Crippen LogP contribution is 2.44. The van der Waals surface area contributed by atoms with Crippen molar-refractivity contribution in [2.24, 2.45) is 0 Å². The summed E-state index contributed by atoms with van der Waals surface area (Å²) < 4.78 is 11.3. The van der Waals surface area contributed by atoms with Gasteiger partial charge >= 0.3 is 5.97 Å². The molecule has 26 heavy (non-hydrogen) atoms. The summed E-state index contributed by atoms with van der Waals surface area (Å²) in [6.07, 6.45) is 0. The van der Waals surface area contributed by atoms with Gasteiger partial charge in [-0.1, -0.05) is 59.7 Å². The van der Waals surface area contributed by atoms with Crippen molar-refractivity contribution in [1.29, 1.82) is 0 Å². The molecule has 0 aliphatic rings. The average molecular weight is 354 g/mol. The SMILES string of the molecule is COc1ccccc1-c1cc(C(C)(C)C)c(OC(C)=O)c(C(C)(C)C)c1. The zero-order valence-electron chi connectivity index (χ0n) is 17.2. The highest BCUT2D eigenvalue weighted by molar-refractivity contribution is 5.76. The second-order valence-corrected chi connectivity index (χ2v) is 8.69. The molecule has 0 saturated heterocycles. The highest BCUT2D eigenvalue weighted by Gasteiger charge is 2.29. The van der Waals surface area contributed by atoms with E-state index in [1.807, 2.05) is 18.2 Å². The predicted octanol–water partition coefficient (Wildman–Crippen LogP) is 5.88. The third-order valence-electron chi connectivity index (χ3n) is 4.37. The summed E-state index contributed by atoms with van der Waals surface area (Å²) >= 11 is 0. The molecule has 0 heterocycles. The van der Waals surface area contributed by atoms with E-state index in [9.17, 15) is 4.79 Å². The van der Waals surface area contributed by atoms with Crippen LogP contribution in [0.1, 0.15) is 59.6 Å². The average Bonchev–Trinajstić information content (AvgIpc) is 2.52. The number of esters is 1. The fourth-order valence-electron chi connectivity index (χ4n) is 3.04. The van der Waals surface area contributed by atoms with Gasteiger partial charge in [-0.25, -0.2) is 0 Å². The molecule has 0 unspecified atom stereocenters. The summed E-state index contributed by atoms with van der Waals surface area (Å²) in [5, 5.41) is 0. The molecule has 0 bridgehead atoms. The van der Waals surface area contributed by atoms with Crippen molar-refractivity contribution >= 4 is 5.97 Å². The molecule has 0 atom stereocenters. The molecule has 0 amide bonds. The minimum absolute atomic E-state index is 0.178.